The molecule has 0 atom stereocenters. The van der Waals surface area contributed by atoms with E-state index >= 15 is 0 Å². The van der Waals surface area contributed by atoms with Crippen molar-refractivity contribution < 1.29 is 9.47 Å². The number of likely N-dealkylation sites (N-methyl/N-ethyl adjacent to an activating group) is 1. The largest absolute Gasteiger partial charge is 0.494 e. The maximum Gasteiger partial charge on any atom is 0.227 e. The predicted molar refractivity (Wildman–Crippen MR) is 148 cm³/mol. The fourth-order valence-corrected chi connectivity index (χ4v) is 3.50. The van der Waals surface area contributed by atoms with Crippen molar-refractivity contribution in [3.63, 3.8) is 0 Å². The van der Waals surface area contributed by atoms with Crippen molar-refractivity contribution in [3.05, 3.63) is 72.4 Å². The molecule has 2 heterocycles. The summed E-state index contributed by atoms with van der Waals surface area (Å²) in [4.78, 5) is 11.4. The topological polar surface area (TPSA) is 59.5 Å². The summed E-state index contributed by atoms with van der Waals surface area (Å²) in [6, 6.07) is 16.0. The molecule has 0 unspecified atom stereocenters. The van der Waals surface area contributed by atoms with E-state index in [9.17, 15) is 0 Å². The molecule has 1 aliphatic rings. The average molecular weight is 493 g/mol. The molecule has 1 aromatic heterocycles. The Morgan fingerprint density at radius 2 is 1.97 bits per heavy atom. The number of fused-ring (bicyclic) bond motifs is 7. The molecule has 35 heavy (non-hydrogen) atoms. The van der Waals surface area contributed by atoms with Gasteiger partial charge in [-0.2, -0.15) is 11.8 Å². The molecule has 0 spiro atoms. The van der Waals surface area contributed by atoms with Gasteiger partial charge in [0.1, 0.15) is 11.5 Å². The van der Waals surface area contributed by atoms with E-state index in [4.69, 9.17) is 14.5 Å². The molecular weight excluding hydrogens is 456 g/mol. The van der Waals surface area contributed by atoms with E-state index in [1.165, 1.54) is 5.75 Å². The standard InChI is InChI=1S/C25H28N4O2.C3H8S/c1-3-30-24-11-10-21-16-20(24)18-29(2)14-5-4-6-15-31-22-9-7-8-19(17-22)23-12-13-26-25(27-21)28-23;1-3-4-2/h4-5,7-13,16-17H,3,6,14-15,18H2,1-2H3,(H,26,27,28);3H2,1-2H3/b5-4+;. The molecule has 0 fully saturated rings. The van der Waals surface area contributed by atoms with E-state index in [1.54, 1.807) is 6.20 Å². The molecular formula is C28H36N4O2S. The molecule has 0 amide bonds. The number of hydrogen-bond donors (Lipinski definition) is 1. The van der Waals surface area contributed by atoms with Gasteiger partial charge in [-0.05, 0) is 68.8 Å². The maximum atomic E-state index is 5.93. The molecule has 3 aromatic rings. The van der Waals surface area contributed by atoms with Crippen molar-refractivity contribution in [1.82, 2.24) is 14.9 Å². The first kappa shape index (κ1) is 26.6. The third kappa shape index (κ3) is 8.60. The van der Waals surface area contributed by atoms with Gasteiger partial charge in [0.2, 0.25) is 5.95 Å². The SMILES string of the molecule is CCOc1ccc2cc1CN(C)C/C=C/CCOc1cccc(c1)-c1ccnc(n1)N2.CCSC. The van der Waals surface area contributed by atoms with Crippen LogP contribution in [0, 0.1) is 0 Å². The summed E-state index contributed by atoms with van der Waals surface area (Å²) < 4.78 is 11.8. The lowest BCUT2D eigenvalue weighted by molar-refractivity contribution is 0.316. The first-order chi connectivity index (χ1) is 17.1. The Balaban J connectivity index is 0.000000795. The minimum atomic E-state index is 0.552. The van der Waals surface area contributed by atoms with E-state index in [-0.39, 0.29) is 0 Å². The van der Waals surface area contributed by atoms with Gasteiger partial charge in [0.15, 0.2) is 0 Å². The van der Waals surface area contributed by atoms with Gasteiger partial charge >= 0.3 is 0 Å². The molecule has 0 saturated carbocycles. The van der Waals surface area contributed by atoms with Gasteiger partial charge in [0.25, 0.3) is 0 Å². The summed E-state index contributed by atoms with van der Waals surface area (Å²) in [5.41, 5.74) is 3.89. The van der Waals surface area contributed by atoms with Gasteiger partial charge in [-0.25, -0.2) is 9.97 Å². The molecule has 4 rings (SSSR count). The van der Waals surface area contributed by atoms with Gasteiger partial charge in [-0.1, -0.05) is 31.2 Å². The second-order valence-corrected chi connectivity index (χ2v) is 9.21. The number of hydrogen-bond acceptors (Lipinski definition) is 7. The number of anilines is 2. The van der Waals surface area contributed by atoms with Crippen LogP contribution in [0.2, 0.25) is 0 Å². The fraction of sp³-hybridized carbons (Fsp3) is 0.357. The van der Waals surface area contributed by atoms with Gasteiger partial charge in [0.05, 0.1) is 18.9 Å². The Morgan fingerprint density at radius 1 is 1.11 bits per heavy atom. The Labute approximate surface area is 213 Å². The van der Waals surface area contributed by atoms with Crippen LogP contribution in [-0.2, 0) is 6.54 Å². The molecule has 1 N–H and O–H groups in total. The van der Waals surface area contributed by atoms with Gasteiger partial charge in [-0.3, -0.25) is 4.90 Å². The first-order valence-corrected chi connectivity index (χ1v) is 13.4. The highest BCUT2D eigenvalue weighted by Gasteiger charge is 2.10. The molecule has 6 bridgehead atoms. The number of nitrogens with one attached hydrogen (secondary N) is 1. The Morgan fingerprint density at radius 3 is 2.77 bits per heavy atom. The van der Waals surface area contributed by atoms with Crippen molar-refractivity contribution in [2.75, 3.05) is 44.1 Å². The van der Waals surface area contributed by atoms with E-state index in [2.05, 4.69) is 53.6 Å². The molecule has 7 heteroatoms. The number of nitrogens with zero attached hydrogens (tertiary/aromatic N) is 3. The summed E-state index contributed by atoms with van der Waals surface area (Å²) in [6.45, 7) is 7.04. The Bertz CT molecular complexity index is 1090. The summed E-state index contributed by atoms with van der Waals surface area (Å²) in [5, 5.41) is 3.34. The van der Waals surface area contributed by atoms with Crippen molar-refractivity contribution in [3.8, 4) is 22.8 Å². The van der Waals surface area contributed by atoms with Crippen LogP contribution in [0.4, 0.5) is 11.6 Å². The average Bonchev–Trinajstić information content (AvgIpc) is 2.88. The number of benzene rings is 2. The highest BCUT2D eigenvalue weighted by atomic mass is 32.2. The minimum absolute atomic E-state index is 0.552. The summed E-state index contributed by atoms with van der Waals surface area (Å²) in [5.74, 6) is 3.53. The number of aromatic nitrogens is 2. The van der Waals surface area contributed by atoms with Crippen molar-refractivity contribution in [2.24, 2.45) is 0 Å². The normalized spacial score (nSPS) is 14.7. The molecule has 0 radical (unpaired) electrons. The predicted octanol–water partition coefficient (Wildman–Crippen LogP) is 6.43. The van der Waals surface area contributed by atoms with Crippen LogP contribution in [0.5, 0.6) is 11.5 Å². The Hall–Kier alpha value is -3.03. The molecule has 0 aliphatic carbocycles. The highest BCUT2D eigenvalue weighted by Crippen LogP contribution is 2.27. The van der Waals surface area contributed by atoms with Crippen LogP contribution in [0.3, 0.4) is 0 Å². The van der Waals surface area contributed by atoms with Crippen LogP contribution in [0.15, 0.2) is 66.9 Å². The van der Waals surface area contributed by atoms with E-state index in [1.807, 2.05) is 61.2 Å². The van der Waals surface area contributed by atoms with Crippen LogP contribution >= 0.6 is 11.8 Å². The lowest BCUT2D eigenvalue weighted by atomic mass is 10.1. The van der Waals surface area contributed by atoms with Crippen LogP contribution in [0.1, 0.15) is 25.8 Å². The lowest BCUT2D eigenvalue weighted by Gasteiger charge is -2.19. The molecule has 1 aliphatic heterocycles. The lowest BCUT2D eigenvalue weighted by Crippen LogP contribution is -2.18. The van der Waals surface area contributed by atoms with Crippen LogP contribution in [-0.4, -0.2) is 53.7 Å². The van der Waals surface area contributed by atoms with Crippen LogP contribution in [0.25, 0.3) is 11.3 Å². The first-order valence-electron chi connectivity index (χ1n) is 12.0. The molecule has 0 saturated heterocycles. The monoisotopic (exact) mass is 492 g/mol. The minimum Gasteiger partial charge on any atom is -0.494 e. The number of thioether (sulfide) groups is 1. The zero-order valence-electron chi connectivity index (χ0n) is 21.2. The molecule has 2 aromatic carbocycles. The summed E-state index contributed by atoms with van der Waals surface area (Å²) in [6.07, 6.45) is 9.08. The summed E-state index contributed by atoms with van der Waals surface area (Å²) >= 11 is 1.86. The van der Waals surface area contributed by atoms with Gasteiger partial charge in [0, 0.05) is 36.1 Å². The third-order valence-electron chi connectivity index (χ3n) is 5.27. The Kier molecular flexibility index (Phi) is 10.9. The molecule has 6 nitrogen and oxygen atoms in total. The smallest absolute Gasteiger partial charge is 0.227 e. The zero-order valence-corrected chi connectivity index (χ0v) is 22.0. The van der Waals surface area contributed by atoms with Crippen molar-refractivity contribution in [1.29, 1.82) is 0 Å². The third-order valence-corrected chi connectivity index (χ3v) is 5.85. The van der Waals surface area contributed by atoms with Gasteiger partial charge in [-0.15, -0.1) is 0 Å². The quantitative estimate of drug-likeness (QED) is 0.423. The zero-order chi connectivity index (χ0) is 24.9. The highest BCUT2D eigenvalue weighted by molar-refractivity contribution is 7.98. The maximum absolute atomic E-state index is 5.93. The van der Waals surface area contributed by atoms with Crippen LogP contribution < -0.4 is 14.8 Å². The van der Waals surface area contributed by atoms with Gasteiger partial charge < -0.3 is 14.8 Å². The van der Waals surface area contributed by atoms with Crippen molar-refractivity contribution >= 4 is 23.4 Å². The van der Waals surface area contributed by atoms with E-state index in [0.29, 0.717) is 19.2 Å². The summed E-state index contributed by atoms with van der Waals surface area (Å²) in [7, 11) is 2.10. The second-order valence-electron chi connectivity index (χ2n) is 8.06. The number of rotatable bonds is 3. The molecule has 186 valence electrons. The van der Waals surface area contributed by atoms with E-state index < -0.39 is 0 Å². The van der Waals surface area contributed by atoms with E-state index in [0.717, 1.165) is 53.5 Å². The van der Waals surface area contributed by atoms with Crippen molar-refractivity contribution in [2.45, 2.75) is 26.8 Å². The number of ether oxygens (including phenoxy) is 2. The second kappa shape index (κ2) is 14.4. The fourth-order valence-electron chi connectivity index (χ4n) is 3.50.